The van der Waals surface area contributed by atoms with Crippen LogP contribution in [0.1, 0.15) is 55.2 Å². The maximum atomic E-state index is 5.48. The monoisotopic (exact) mass is 568 g/mol. The topological polar surface area (TPSA) is 66.7 Å². The van der Waals surface area contributed by atoms with E-state index in [9.17, 15) is 0 Å². The molecular formula is C25H41IN6O. The minimum Gasteiger partial charge on any atom is -0.497 e. The average molecular weight is 569 g/mol. The Morgan fingerprint density at radius 1 is 1.24 bits per heavy atom. The molecule has 0 bridgehead atoms. The van der Waals surface area contributed by atoms with Crippen LogP contribution in [0.3, 0.4) is 0 Å². The van der Waals surface area contributed by atoms with Crippen LogP contribution in [0.15, 0.2) is 29.3 Å². The van der Waals surface area contributed by atoms with E-state index in [1.807, 2.05) is 17.8 Å². The number of benzene rings is 1. The molecule has 0 amide bonds. The Bertz CT molecular complexity index is 906. The van der Waals surface area contributed by atoms with Crippen molar-refractivity contribution in [1.82, 2.24) is 25.3 Å². The van der Waals surface area contributed by atoms with Crippen LogP contribution in [-0.2, 0) is 13.5 Å². The zero-order chi connectivity index (χ0) is 23.1. The van der Waals surface area contributed by atoms with Crippen molar-refractivity contribution in [2.45, 2.75) is 59.0 Å². The number of likely N-dealkylation sites (tertiary alicyclic amines) is 1. The summed E-state index contributed by atoms with van der Waals surface area (Å²) in [4.78, 5) is 7.56. The molecule has 0 radical (unpaired) electrons. The Kier molecular flexibility index (Phi) is 11.0. The second-order valence-corrected chi connectivity index (χ2v) is 8.78. The van der Waals surface area contributed by atoms with Crippen molar-refractivity contribution in [3.8, 4) is 5.75 Å². The van der Waals surface area contributed by atoms with Gasteiger partial charge in [0.15, 0.2) is 5.96 Å². The van der Waals surface area contributed by atoms with E-state index in [4.69, 9.17) is 9.73 Å². The summed E-state index contributed by atoms with van der Waals surface area (Å²) < 4.78 is 7.44. The Morgan fingerprint density at radius 3 is 2.58 bits per heavy atom. The largest absolute Gasteiger partial charge is 0.497 e. The Balaban J connectivity index is 0.00000385. The highest BCUT2D eigenvalue weighted by atomic mass is 127. The number of rotatable bonds is 9. The van der Waals surface area contributed by atoms with Gasteiger partial charge in [-0.25, -0.2) is 0 Å². The number of aromatic nitrogens is 2. The first-order valence-corrected chi connectivity index (χ1v) is 11.8. The predicted molar refractivity (Wildman–Crippen MR) is 147 cm³/mol. The van der Waals surface area contributed by atoms with Crippen molar-refractivity contribution in [1.29, 1.82) is 0 Å². The number of hydrogen-bond acceptors (Lipinski definition) is 4. The van der Waals surface area contributed by atoms with Gasteiger partial charge in [-0.05, 0) is 83.3 Å². The summed E-state index contributed by atoms with van der Waals surface area (Å²) in [5.74, 6) is 1.77. The molecule has 2 heterocycles. The molecule has 2 atom stereocenters. The first-order valence-electron chi connectivity index (χ1n) is 11.8. The van der Waals surface area contributed by atoms with Gasteiger partial charge in [-0.2, -0.15) is 5.10 Å². The van der Waals surface area contributed by atoms with Crippen LogP contribution in [0.4, 0.5) is 0 Å². The van der Waals surface area contributed by atoms with Crippen LogP contribution in [-0.4, -0.2) is 60.0 Å². The number of methoxy groups -OCH3 is 1. The molecule has 0 spiro atoms. The number of hydrogen-bond donors (Lipinski definition) is 2. The molecule has 0 saturated carbocycles. The lowest BCUT2D eigenvalue weighted by atomic mass is 10.0. The molecule has 7 nitrogen and oxygen atoms in total. The number of nitrogens with zero attached hydrogens (tertiary/aromatic N) is 4. The number of nitrogens with one attached hydrogen (secondary N) is 2. The summed E-state index contributed by atoms with van der Waals surface area (Å²) in [5, 5.41) is 11.6. The smallest absolute Gasteiger partial charge is 0.191 e. The summed E-state index contributed by atoms with van der Waals surface area (Å²) in [6.07, 6.45) is 3.42. The number of halogens is 1. The summed E-state index contributed by atoms with van der Waals surface area (Å²) in [6.45, 7) is 12.3. The van der Waals surface area contributed by atoms with Crippen molar-refractivity contribution in [2.24, 2.45) is 12.0 Å². The molecular weight excluding hydrogens is 527 g/mol. The van der Waals surface area contributed by atoms with Gasteiger partial charge in [-0.3, -0.25) is 14.6 Å². The molecule has 2 aromatic rings. The maximum absolute atomic E-state index is 5.48. The van der Waals surface area contributed by atoms with Crippen molar-refractivity contribution in [2.75, 3.05) is 33.3 Å². The second kappa shape index (κ2) is 13.2. The van der Waals surface area contributed by atoms with Gasteiger partial charge in [-0.15, -0.1) is 24.0 Å². The third kappa shape index (κ3) is 7.34. The molecule has 2 N–H and O–H groups in total. The number of ether oxygens (including phenoxy) is 1. The molecule has 0 aliphatic carbocycles. The fourth-order valence-corrected chi connectivity index (χ4v) is 4.54. The predicted octanol–water partition coefficient (Wildman–Crippen LogP) is 3.99. The molecule has 1 aromatic carbocycles. The van der Waals surface area contributed by atoms with E-state index in [2.05, 4.69) is 66.5 Å². The summed E-state index contributed by atoms with van der Waals surface area (Å²) >= 11 is 0. The minimum atomic E-state index is 0. The highest BCUT2D eigenvalue weighted by Crippen LogP contribution is 2.28. The summed E-state index contributed by atoms with van der Waals surface area (Å²) in [7, 11) is 3.73. The van der Waals surface area contributed by atoms with Crippen LogP contribution in [0.25, 0.3) is 0 Å². The van der Waals surface area contributed by atoms with Crippen molar-refractivity contribution < 1.29 is 4.74 Å². The zero-order valence-corrected chi connectivity index (χ0v) is 23.3. The van der Waals surface area contributed by atoms with Crippen molar-refractivity contribution >= 4 is 29.9 Å². The van der Waals surface area contributed by atoms with Crippen LogP contribution < -0.4 is 15.4 Å². The van der Waals surface area contributed by atoms with Gasteiger partial charge in [0, 0.05) is 25.3 Å². The fourth-order valence-electron chi connectivity index (χ4n) is 4.54. The molecule has 1 aliphatic rings. The van der Waals surface area contributed by atoms with Gasteiger partial charge in [-0.1, -0.05) is 12.1 Å². The van der Waals surface area contributed by atoms with E-state index >= 15 is 0 Å². The van der Waals surface area contributed by atoms with E-state index in [0.717, 1.165) is 43.5 Å². The molecule has 1 fully saturated rings. The highest BCUT2D eigenvalue weighted by molar-refractivity contribution is 14.0. The van der Waals surface area contributed by atoms with Gasteiger partial charge >= 0.3 is 0 Å². The zero-order valence-electron chi connectivity index (χ0n) is 21.0. The maximum Gasteiger partial charge on any atom is 0.191 e. The van der Waals surface area contributed by atoms with Crippen LogP contribution in [0.5, 0.6) is 5.75 Å². The number of aliphatic imine (C=N–C) groups is 1. The van der Waals surface area contributed by atoms with Gasteiger partial charge in [0.05, 0.1) is 25.4 Å². The second-order valence-electron chi connectivity index (χ2n) is 8.78. The quantitative estimate of drug-likeness (QED) is 0.272. The summed E-state index contributed by atoms with van der Waals surface area (Å²) in [6, 6.07) is 8.92. The Morgan fingerprint density at radius 2 is 1.97 bits per heavy atom. The van der Waals surface area contributed by atoms with E-state index < -0.39 is 0 Å². The number of guanidine groups is 1. The molecule has 33 heavy (non-hydrogen) atoms. The molecule has 1 saturated heterocycles. The van der Waals surface area contributed by atoms with Crippen LogP contribution in [0, 0.1) is 13.8 Å². The van der Waals surface area contributed by atoms with E-state index in [0.29, 0.717) is 6.54 Å². The van der Waals surface area contributed by atoms with Crippen molar-refractivity contribution in [3.63, 3.8) is 0 Å². The fraction of sp³-hybridized carbons (Fsp3) is 0.600. The normalized spacial score (nSPS) is 16.2. The van der Waals surface area contributed by atoms with Gasteiger partial charge in [0.2, 0.25) is 0 Å². The van der Waals surface area contributed by atoms with Crippen molar-refractivity contribution in [3.05, 3.63) is 46.8 Å². The Hall–Kier alpha value is -1.81. The SMILES string of the molecule is CCNC(=NCC(c1cccc(OC)c1)N1CCCC1)NC(C)Cc1c(C)nn(C)c1C.I. The highest BCUT2D eigenvalue weighted by Gasteiger charge is 2.24. The van der Waals surface area contributed by atoms with Gasteiger partial charge in [0.25, 0.3) is 0 Å². The minimum absolute atomic E-state index is 0. The average Bonchev–Trinajstić information content (AvgIpc) is 3.39. The van der Waals surface area contributed by atoms with E-state index in [-0.39, 0.29) is 36.1 Å². The van der Waals surface area contributed by atoms with Crippen LogP contribution >= 0.6 is 24.0 Å². The first kappa shape index (κ1) is 27.4. The first-order chi connectivity index (χ1) is 15.4. The third-order valence-corrected chi connectivity index (χ3v) is 6.38. The standard InChI is InChI=1S/C25H40N6O.HI/c1-7-26-25(28-18(2)15-23-19(3)29-30(5)20(23)4)27-17-24(31-13-8-9-14-31)21-11-10-12-22(16-21)32-6;/h10-12,16,18,24H,7-9,13-15,17H2,1-6H3,(H2,26,27,28);1H. The Labute approximate surface area is 216 Å². The lowest BCUT2D eigenvalue weighted by molar-refractivity contribution is 0.251. The molecule has 2 unspecified atom stereocenters. The third-order valence-electron chi connectivity index (χ3n) is 6.38. The van der Waals surface area contributed by atoms with Gasteiger partial charge < -0.3 is 15.4 Å². The van der Waals surface area contributed by atoms with E-state index in [1.165, 1.54) is 29.7 Å². The van der Waals surface area contributed by atoms with E-state index in [1.54, 1.807) is 7.11 Å². The van der Waals surface area contributed by atoms with Gasteiger partial charge in [0.1, 0.15) is 5.75 Å². The lowest BCUT2D eigenvalue weighted by Gasteiger charge is -2.27. The summed E-state index contributed by atoms with van der Waals surface area (Å²) in [5.41, 5.74) is 4.91. The molecule has 1 aliphatic heterocycles. The molecule has 1 aromatic heterocycles. The van der Waals surface area contributed by atoms with Crippen LogP contribution in [0.2, 0.25) is 0 Å². The molecule has 3 rings (SSSR count). The molecule has 184 valence electrons. The molecule has 8 heteroatoms. The number of aryl methyl sites for hydroxylation is 2. The lowest BCUT2D eigenvalue weighted by Crippen LogP contribution is -2.43.